The minimum Gasteiger partial charge on any atom is -0.508 e. The van der Waals surface area contributed by atoms with Crippen molar-refractivity contribution < 1.29 is 38.7 Å². The van der Waals surface area contributed by atoms with Crippen LogP contribution in [0.15, 0.2) is 91.0 Å². The molecule has 0 spiro atoms. The Bertz CT molecular complexity index is 1500. The third-order valence-electron chi connectivity index (χ3n) is 9.46. The van der Waals surface area contributed by atoms with Gasteiger partial charge in [0.2, 0.25) is 0 Å². The number of nitrogens with zero attached hydrogens (tertiary/aromatic N) is 2. The van der Waals surface area contributed by atoms with Crippen molar-refractivity contribution in [3.05, 3.63) is 91.0 Å². The number of carbonyl (C=O) groups excluding carboxylic acids is 2. The second kappa shape index (κ2) is 34.9. The van der Waals surface area contributed by atoms with Crippen LogP contribution >= 0.6 is 0 Å². The van der Waals surface area contributed by atoms with Gasteiger partial charge in [-0.05, 0) is 147 Å². The number of nitrogens with one attached hydrogen (secondary N) is 1. The van der Waals surface area contributed by atoms with E-state index in [1.165, 1.54) is 12.8 Å². The van der Waals surface area contributed by atoms with Gasteiger partial charge in [-0.15, -0.1) is 0 Å². The number of para-hydroxylation sites is 3. The molecule has 0 radical (unpaired) electrons. The summed E-state index contributed by atoms with van der Waals surface area (Å²) in [4.78, 5) is 27.1. The normalized spacial score (nSPS) is 15.3. The predicted molar refractivity (Wildman–Crippen MR) is 260 cm³/mol. The molecular formula is C52H87N3O8. The molecule has 0 bridgehead atoms. The SMILES string of the molecule is CC.CC.CC.CC(C)(C)OC(=O)N1CCC(CO)CC1.CC(C)(C)OC(=O)N1CCC(COc2ccccc2)CC1.Oc1ccccc1.c1ccc(OCC2CCNCC2)cc1. The lowest BCUT2D eigenvalue weighted by atomic mass is 9.98. The van der Waals surface area contributed by atoms with Crippen LogP contribution in [-0.4, -0.2) is 102 Å². The molecular weight excluding hydrogens is 795 g/mol. The molecule has 3 aromatic carbocycles. The molecule has 3 aromatic rings. The van der Waals surface area contributed by atoms with Gasteiger partial charge in [0, 0.05) is 32.8 Å². The lowest BCUT2D eigenvalue weighted by Crippen LogP contribution is -2.42. The van der Waals surface area contributed by atoms with E-state index in [-0.39, 0.29) is 18.8 Å². The van der Waals surface area contributed by atoms with Crippen LogP contribution in [0, 0.1) is 17.8 Å². The largest absolute Gasteiger partial charge is 0.508 e. The minimum absolute atomic E-state index is 0.204. The smallest absolute Gasteiger partial charge is 0.410 e. The number of hydrogen-bond donors (Lipinski definition) is 3. The number of carbonyl (C=O) groups is 2. The fourth-order valence-electron chi connectivity index (χ4n) is 6.17. The summed E-state index contributed by atoms with van der Waals surface area (Å²) in [6.07, 6.45) is 5.72. The highest BCUT2D eigenvalue weighted by molar-refractivity contribution is 5.68. The maximum atomic E-state index is 12.0. The van der Waals surface area contributed by atoms with Gasteiger partial charge in [0.1, 0.15) is 28.5 Å². The Kier molecular flexibility index (Phi) is 32.5. The third kappa shape index (κ3) is 29.5. The minimum atomic E-state index is -0.426. The van der Waals surface area contributed by atoms with Gasteiger partial charge in [-0.3, -0.25) is 0 Å². The van der Waals surface area contributed by atoms with Crippen LogP contribution in [0.1, 0.15) is 122 Å². The summed E-state index contributed by atoms with van der Waals surface area (Å²) in [5.74, 6) is 3.81. The highest BCUT2D eigenvalue weighted by Gasteiger charge is 2.28. The molecule has 63 heavy (non-hydrogen) atoms. The first-order chi connectivity index (χ1) is 30.2. The number of aliphatic hydroxyl groups is 1. The topological polar surface area (TPSA) is 130 Å². The lowest BCUT2D eigenvalue weighted by Gasteiger charge is -2.33. The van der Waals surface area contributed by atoms with Crippen LogP contribution in [0.4, 0.5) is 9.59 Å². The van der Waals surface area contributed by atoms with Crippen molar-refractivity contribution in [3.63, 3.8) is 0 Å². The van der Waals surface area contributed by atoms with Crippen LogP contribution in [0.5, 0.6) is 17.2 Å². The average Bonchev–Trinajstić information content (AvgIpc) is 3.31. The number of amides is 2. The van der Waals surface area contributed by atoms with E-state index in [0.29, 0.717) is 37.3 Å². The molecule has 0 aliphatic carbocycles. The van der Waals surface area contributed by atoms with E-state index in [9.17, 15) is 9.59 Å². The van der Waals surface area contributed by atoms with Crippen LogP contribution in [0.25, 0.3) is 0 Å². The molecule has 358 valence electrons. The Balaban J connectivity index is 0.000000816. The van der Waals surface area contributed by atoms with Gasteiger partial charge >= 0.3 is 12.2 Å². The van der Waals surface area contributed by atoms with Crippen LogP contribution in [-0.2, 0) is 9.47 Å². The number of rotatable bonds is 7. The number of phenolic OH excluding ortho intramolecular Hbond substituents is 1. The molecule has 0 atom stereocenters. The van der Waals surface area contributed by atoms with Crippen molar-refractivity contribution in [2.45, 2.75) is 133 Å². The first-order valence-electron chi connectivity index (χ1n) is 23.6. The maximum Gasteiger partial charge on any atom is 0.410 e. The first kappa shape index (κ1) is 58.5. The second-order valence-electron chi connectivity index (χ2n) is 16.8. The molecule has 3 saturated heterocycles. The van der Waals surface area contributed by atoms with E-state index >= 15 is 0 Å². The first-order valence-corrected chi connectivity index (χ1v) is 23.6. The van der Waals surface area contributed by atoms with Gasteiger partial charge in [-0.1, -0.05) is 96.1 Å². The van der Waals surface area contributed by atoms with E-state index in [0.717, 1.165) is 75.9 Å². The average molecular weight is 882 g/mol. The lowest BCUT2D eigenvalue weighted by molar-refractivity contribution is 0.0152. The number of phenols is 1. The third-order valence-corrected chi connectivity index (χ3v) is 9.46. The summed E-state index contributed by atoms with van der Waals surface area (Å²) in [6.45, 7) is 30.3. The predicted octanol–water partition coefficient (Wildman–Crippen LogP) is 11.9. The molecule has 0 aromatic heterocycles. The number of ether oxygens (including phenoxy) is 4. The zero-order valence-electron chi connectivity index (χ0n) is 41.2. The summed E-state index contributed by atoms with van der Waals surface area (Å²) >= 11 is 0. The van der Waals surface area contributed by atoms with Gasteiger partial charge in [-0.25, -0.2) is 9.59 Å². The summed E-state index contributed by atoms with van der Waals surface area (Å²) in [6, 6.07) is 28.6. The molecule has 6 rings (SSSR count). The van der Waals surface area contributed by atoms with Crippen molar-refractivity contribution in [1.29, 1.82) is 0 Å². The molecule has 0 saturated carbocycles. The summed E-state index contributed by atoms with van der Waals surface area (Å²) in [7, 11) is 0. The van der Waals surface area contributed by atoms with Crippen LogP contribution < -0.4 is 14.8 Å². The number of hydrogen-bond acceptors (Lipinski definition) is 9. The van der Waals surface area contributed by atoms with Crippen molar-refractivity contribution >= 4 is 12.2 Å². The zero-order chi connectivity index (χ0) is 47.5. The molecule has 3 N–H and O–H groups in total. The zero-order valence-corrected chi connectivity index (χ0v) is 41.2. The molecule has 3 aliphatic rings. The van der Waals surface area contributed by atoms with Gasteiger partial charge in [0.15, 0.2) is 0 Å². The Morgan fingerprint density at radius 1 is 0.540 bits per heavy atom. The fourth-order valence-corrected chi connectivity index (χ4v) is 6.17. The fraction of sp³-hybridized carbons (Fsp3) is 0.615. The number of benzene rings is 3. The monoisotopic (exact) mass is 882 g/mol. The molecule has 11 heteroatoms. The van der Waals surface area contributed by atoms with E-state index in [1.54, 1.807) is 34.1 Å². The summed E-state index contributed by atoms with van der Waals surface area (Å²) in [5.41, 5.74) is -0.852. The molecule has 3 heterocycles. The van der Waals surface area contributed by atoms with E-state index in [1.807, 2.05) is 150 Å². The highest BCUT2D eigenvalue weighted by Crippen LogP contribution is 2.22. The molecule has 11 nitrogen and oxygen atoms in total. The summed E-state index contributed by atoms with van der Waals surface area (Å²) in [5, 5.41) is 21.0. The molecule has 3 fully saturated rings. The summed E-state index contributed by atoms with van der Waals surface area (Å²) < 4.78 is 22.2. The Hall–Kier alpha value is -4.48. The van der Waals surface area contributed by atoms with E-state index < -0.39 is 11.2 Å². The van der Waals surface area contributed by atoms with Crippen molar-refractivity contribution in [1.82, 2.24) is 15.1 Å². The Morgan fingerprint density at radius 2 is 0.857 bits per heavy atom. The molecule has 3 aliphatic heterocycles. The van der Waals surface area contributed by atoms with Crippen molar-refractivity contribution in [2.24, 2.45) is 17.8 Å². The van der Waals surface area contributed by atoms with Gasteiger partial charge in [-0.2, -0.15) is 0 Å². The Morgan fingerprint density at radius 3 is 1.16 bits per heavy atom. The second-order valence-corrected chi connectivity index (χ2v) is 16.8. The van der Waals surface area contributed by atoms with E-state index in [2.05, 4.69) is 5.32 Å². The van der Waals surface area contributed by atoms with Crippen molar-refractivity contribution in [3.8, 4) is 17.2 Å². The van der Waals surface area contributed by atoms with Gasteiger partial charge in [0.05, 0.1) is 13.2 Å². The van der Waals surface area contributed by atoms with Crippen LogP contribution in [0.2, 0.25) is 0 Å². The Labute approximate surface area is 382 Å². The maximum absolute atomic E-state index is 12.0. The molecule has 2 amide bonds. The van der Waals surface area contributed by atoms with Crippen LogP contribution in [0.3, 0.4) is 0 Å². The van der Waals surface area contributed by atoms with E-state index in [4.69, 9.17) is 29.2 Å². The highest BCUT2D eigenvalue weighted by atomic mass is 16.6. The number of piperidine rings is 3. The molecule has 0 unspecified atom stereocenters. The standard InChI is InChI=1S/C17H25NO3.C12H17NO.C11H21NO3.C6H6O.3C2H6/c1-17(2,3)21-16(19)18-11-9-14(10-12-18)13-20-15-7-5-4-6-8-15;1-2-4-12(5-3-1)14-10-11-6-8-13-9-7-11;1-11(2,3)15-10(14)12-6-4-9(8-13)5-7-12;7-6-4-2-1-3-5-6;3*1-2/h4-8,14H,9-13H2,1-3H3;1-5,11,13H,6-10H2;9,13H,4-8H2,1-3H3;1-5,7H;3*1-2H3. The number of aromatic hydroxyl groups is 1. The number of likely N-dealkylation sites (tertiary alicyclic amines) is 2. The van der Waals surface area contributed by atoms with Gasteiger partial charge < -0.3 is 44.3 Å². The van der Waals surface area contributed by atoms with Gasteiger partial charge in [0.25, 0.3) is 0 Å². The van der Waals surface area contributed by atoms with Crippen molar-refractivity contribution in [2.75, 3.05) is 59.1 Å². The quantitative estimate of drug-likeness (QED) is 0.212. The number of aliphatic hydroxyl groups excluding tert-OH is 1.